The molecule has 126 valence electrons. The van der Waals surface area contributed by atoms with Gasteiger partial charge in [0.25, 0.3) is 5.56 Å². The molecule has 0 bridgehead atoms. The highest BCUT2D eigenvalue weighted by Crippen LogP contribution is 2.21. The maximum Gasteiger partial charge on any atom is 0.337 e. The number of hydrogen-bond acceptors (Lipinski definition) is 3. The van der Waals surface area contributed by atoms with Crippen molar-refractivity contribution in [2.24, 2.45) is 0 Å². The molecule has 0 N–H and O–H groups in total. The minimum atomic E-state index is -0.384. The number of benzene rings is 2. The Morgan fingerprint density at radius 3 is 2.32 bits per heavy atom. The van der Waals surface area contributed by atoms with Gasteiger partial charge >= 0.3 is 5.97 Å². The van der Waals surface area contributed by atoms with Gasteiger partial charge < -0.3 is 9.30 Å². The third kappa shape index (κ3) is 3.80. The fourth-order valence-electron chi connectivity index (χ4n) is 2.60. The van der Waals surface area contributed by atoms with Crippen LogP contribution in [-0.2, 0) is 11.3 Å². The summed E-state index contributed by atoms with van der Waals surface area (Å²) in [6.45, 7) is 0.402. The van der Waals surface area contributed by atoms with Gasteiger partial charge in [0.15, 0.2) is 0 Å². The normalized spacial score (nSPS) is 10.5. The number of carbonyl (C=O) groups excluding carboxylic acids is 1. The number of rotatable bonds is 4. The maximum absolute atomic E-state index is 12.4. The topological polar surface area (TPSA) is 48.3 Å². The molecule has 3 rings (SSSR count). The SMILES string of the molecule is COC(=O)c1ccc(Cn2c(-c3ccc(Cl)cc3)cccc2=O)cc1. The van der Waals surface area contributed by atoms with E-state index in [0.717, 1.165) is 16.8 Å². The minimum Gasteiger partial charge on any atom is -0.465 e. The molecule has 0 aliphatic carbocycles. The summed E-state index contributed by atoms with van der Waals surface area (Å²) in [4.78, 5) is 23.9. The van der Waals surface area contributed by atoms with E-state index in [1.54, 1.807) is 34.9 Å². The average molecular weight is 354 g/mol. The molecule has 0 atom stereocenters. The molecule has 25 heavy (non-hydrogen) atoms. The van der Waals surface area contributed by atoms with Crippen LogP contribution in [0.2, 0.25) is 5.02 Å². The van der Waals surface area contributed by atoms with E-state index >= 15 is 0 Å². The second kappa shape index (κ2) is 7.36. The molecule has 3 aromatic rings. The zero-order valence-electron chi connectivity index (χ0n) is 13.6. The van der Waals surface area contributed by atoms with Crippen LogP contribution in [0.25, 0.3) is 11.3 Å². The number of carbonyl (C=O) groups is 1. The van der Waals surface area contributed by atoms with Crippen LogP contribution in [0.15, 0.2) is 71.5 Å². The second-order valence-corrected chi connectivity index (χ2v) is 5.97. The smallest absolute Gasteiger partial charge is 0.337 e. The average Bonchev–Trinajstić information content (AvgIpc) is 2.64. The van der Waals surface area contributed by atoms with Crippen molar-refractivity contribution >= 4 is 17.6 Å². The zero-order chi connectivity index (χ0) is 17.8. The van der Waals surface area contributed by atoms with Crippen molar-refractivity contribution in [1.29, 1.82) is 0 Å². The zero-order valence-corrected chi connectivity index (χ0v) is 14.4. The van der Waals surface area contributed by atoms with Crippen LogP contribution in [0.4, 0.5) is 0 Å². The van der Waals surface area contributed by atoms with Crippen molar-refractivity contribution in [1.82, 2.24) is 4.57 Å². The van der Waals surface area contributed by atoms with E-state index in [4.69, 9.17) is 16.3 Å². The van der Waals surface area contributed by atoms with Gasteiger partial charge in [-0.1, -0.05) is 41.9 Å². The first kappa shape index (κ1) is 17.0. The molecule has 0 aliphatic heterocycles. The van der Waals surface area contributed by atoms with E-state index in [-0.39, 0.29) is 11.5 Å². The predicted molar refractivity (Wildman–Crippen MR) is 98.0 cm³/mol. The maximum atomic E-state index is 12.4. The Labute approximate surface area is 150 Å². The Morgan fingerprint density at radius 2 is 1.68 bits per heavy atom. The molecule has 1 heterocycles. The summed E-state index contributed by atoms with van der Waals surface area (Å²) in [6, 6.07) is 19.5. The van der Waals surface area contributed by atoms with Crippen molar-refractivity contribution in [3.05, 3.63) is 93.2 Å². The van der Waals surface area contributed by atoms with Crippen LogP contribution >= 0.6 is 11.6 Å². The van der Waals surface area contributed by atoms with Crippen molar-refractivity contribution in [2.45, 2.75) is 6.54 Å². The fourth-order valence-corrected chi connectivity index (χ4v) is 2.73. The first-order valence-corrected chi connectivity index (χ1v) is 8.09. The summed E-state index contributed by atoms with van der Waals surface area (Å²) in [7, 11) is 1.35. The largest absolute Gasteiger partial charge is 0.465 e. The van der Waals surface area contributed by atoms with Crippen molar-refractivity contribution in [3.8, 4) is 11.3 Å². The molecule has 4 nitrogen and oxygen atoms in total. The van der Waals surface area contributed by atoms with E-state index in [9.17, 15) is 9.59 Å². The summed E-state index contributed by atoms with van der Waals surface area (Å²) >= 11 is 5.95. The lowest BCUT2D eigenvalue weighted by molar-refractivity contribution is 0.0600. The Hall–Kier alpha value is -2.85. The molecule has 0 saturated heterocycles. The number of methoxy groups -OCH3 is 1. The number of hydrogen-bond donors (Lipinski definition) is 0. The van der Waals surface area contributed by atoms with Crippen LogP contribution in [-0.4, -0.2) is 17.6 Å². The van der Waals surface area contributed by atoms with E-state index < -0.39 is 0 Å². The molecule has 0 aliphatic rings. The quantitative estimate of drug-likeness (QED) is 0.666. The lowest BCUT2D eigenvalue weighted by Crippen LogP contribution is -2.21. The molecular formula is C20H16ClNO3. The van der Waals surface area contributed by atoms with Crippen molar-refractivity contribution in [3.63, 3.8) is 0 Å². The lowest BCUT2D eigenvalue weighted by atomic mass is 10.1. The molecular weight excluding hydrogens is 338 g/mol. The Kier molecular flexibility index (Phi) is 5.00. The van der Waals surface area contributed by atoms with Gasteiger partial charge in [-0.25, -0.2) is 4.79 Å². The van der Waals surface area contributed by atoms with Gasteiger partial charge in [-0.15, -0.1) is 0 Å². The summed E-state index contributed by atoms with van der Waals surface area (Å²) in [6.07, 6.45) is 0. The van der Waals surface area contributed by atoms with Gasteiger partial charge in [0.2, 0.25) is 0 Å². The number of pyridine rings is 1. The van der Waals surface area contributed by atoms with Gasteiger partial charge in [-0.2, -0.15) is 0 Å². The van der Waals surface area contributed by atoms with Gasteiger partial charge in [-0.3, -0.25) is 4.79 Å². The molecule has 0 fully saturated rings. The third-order valence-corrected chi connectivity index (χ3v) is 4.16. The first-order chi connectivity index (χ1) is 12.1. The minimum absolute atomic E-state index is 0.0931. The van der Waals surface area contributed by atoms with Crippen LogP contribution in [0.5, 0.6) is 0 Å². The predicted octanol–water partition coefficient (Wildman–Crippen LogP) is 4.00. The van der Waals surface area contributed by atoms with E-state index in [1.165, 1.54) is 13.2 Å². The fraction of sp³-hybridized carbons (Fsp3) is 0.100. The van der Waals surface area contributed by atoms with E-state index in [2.05, 4.69) is 0 Å². The van der Waals surface area contributed by atoms with E-state index in [1.807, 2.05) is 30.3 Å². The molecule has 2 aromatic carbocycles. The first-order valence-electron chi connectivity index (χ1n) is 7.71. The van der Waals surface area contributed by atoms with Crippen LogP contribution in [0.3, 0.4) is 0 Å². The summed E-state index contributed by atoms with van der Waals surface area (Å²) in [5.74, 6) is -0.384. The molecule has 0 spiro atoms. The molecule has 0 amide bonds. The molecule has 0 saturated carbocycles. The van der Waals surface area contributed by atoms with Gasteiger partial charge in [0.1, 0.15) is 0 Å². The summed E-state index contributed by atoms with van der Waals surface area (Å²) in [5.41, 5.74) is 3.01. The lowest BCUT2D eigenvalue weighted by Gasteiger charge is -2.13. The molecule has 1 aromatic heterocycles. The number of halogens is 1. The van der Waals surface area contributed by atoms with Crippen LogP contribution in [0, 0.1) is 0 Å². The number of aromatic nitrogens is 1. The molecule has 5 heteroatoms. The highest BCUT2D eigenvalue weighted by Gasteiger charge is 2.09. The second-order valence-electron chi connectivity index (χ2n) is 5.53. The monoisotopic (exact) mass is 353 g/mol. The van der Waals surface area contributed by atoms with Crippen LogP contribution < -0.4 is 5.56 Å². The summed E-state index contributed by atoms with van der Waals surface area (Å²) < 4.78 is 6.39. The molecule has 0 radical (unpaired) electrons. The van der Waals surface area contributed by atoms with Crippen LogP contribution in [0.1, 0.15) is 15.9 Å². The van der Waals surface area contributed by atoms with Gasteiger partial charge in [0.05, 0.1) is 24.9 Å². The Bertz CT molecular complexity index is 944. The van der Waals surface area contributed by atoms with Crippen molar-refractivity contribution in [2.75, 3.05) is 7.11 Å². The van der Waals surface area contributed by atoms with E-state index in [0.29, 0.717) is 17.1 Å². The number of esters is 1. The summed E-state index contributed by atoms with van der Waals surface area (Å²) in [5, 5.41) is 0.645. The number of nitrogens with zero attached hydrogens (tertiary/aromatic N) is 1. The Morgan fingerprint density at radius 1 is 1.00 bits per heavy atom. The Balaban J connectivity index is 1.96. The highest BCUT2D eigenvalue weighted by molar-refractivity contribution is 6.30. The molecule has 0 unspecified atom stereocenters. The highest BCUT2D eigenvalue weighted by atomic mass is 35.5. The van der Waals surface area contributed by atoms with Gasteiger partial charge in [-0.05, 0) is 41.5 Å². The third-order valence-electron chi connectivity index (χ3n) is 3.91. The number of ether oxygens (including phenoxy) is 1. The standard InChI is InChI=1S/C20H16ClNO3/c1-25-20(24)16-7-5-14(6-8-16)13-22-18(3-2-4-19(22)23)15-9-11-17(21)12-10-15/h2-12H,13H2,1H3. The van der Waals surface area contributed by atoms with Crippen molar-refractivity contribution < 1.29 is 9.53 Å². The van der Waals surface area contributed by atoms with Gasteiger partial charge in [0, 0.05) is 11.1 Å².